The summed E-state index contributed by atoms with van der Waals surface area (Å²) in [6.45, 7) is 6.42. The molecule has 2 aliphatic rings. The topological polar surface area (TPSA) is 44.8 Å². The average molecular weight is 345 g/mol. The molecule has 0 aromatic heterocycles. The van der Waals surface area contributed by atoms with Gasteiger partial charge in [0.1, 0.15) is 0 Å². The van der Waals surface area contributed by atoms with Gasteiger partial charge in [0.15, 0.2) is 0 Å². The van der Waals surface area contributed by atoms with Crippen LogP contribution < -0.4 is 5.32 Å². The molecule has 25 heavy (non-hydrogen) atoms. The second-order valence-electron chi connectivity index (χ2n) is 7.41. The lowest BCUT2D eigenvalue weighted by atomic mass is 9.95. The molecule has 0 radical (unpaired) electrons. The molecule has 0 saturated carbocycles. The highest BCUT2D eigenvalue weighted by molar-refractivity contribution is 5.76. The van der Waals surface area contributed by atoms with Crippen molar-refractivity contribution in [3.05, 3.63) is 35.9 Å². The molecule has 0 unspecified atom stereocenters. The van der Waals surface area contributed by atoms with Crippen LogP contribution in [0.25, 0.3) is 0 Å². The standard InChI is InChI=1S/C20H31N3O2/c1-22(20(24)13-19-16-25-12-9-21-19)14-18-7-10-23(11-8-18)15-17-5-3-2-4-6-17/h2-6,18-19,21H,7-16H2,1H3/t19-/m1/s1. The maximum atomic E-state index is 12.4. The minimum absolute atomic E-state index is 0.177. The number of hydrogen-bond donors (Lipinski definition) is 1. The third-order valence-corrected chi connectivity index (χ3v) is 5.33. The minimum atomic E-state index is 0.177. The van der Waals surface area contributed by atoms with E-state index in [0.29, 0.717) is 18.9 Å². The Labute approximate surface area is 151 Å². The average Bonchev–Trinajstić information content (AvgIpc) is 2.65. The van der Waals surface area contributed by atoms with E-state index in [9.17, 15) is 4.79 Å². The van der Waals surface area contributed by atoms with E-state index in [1.54, 1.807) is 0 Å². The van der Waals surface area contributed by atoms with E-state index in [1.165, 1.54) is 18.4 Å². The zero-order valence-electron chi connectivity index (χ0n) is 15.3. The molecule has 1 aromatic rings. The van der Waals surface area contributed by atoms with Gasteiger partial charge in [0.05, 0.1) is 13.2 Å². The third kappa shape index (κ3) is 5.80. The van der Waals surface area contributed by atoms with Gasteiger partial charge in [0.25, 0.3) is 0 Å². The van der Waals surface area contributed by atoms with Gasteiger partial charge < -0.3 is 15.0 Å². The molecule has 2 fully saturated rings. The van der Waals surface area contributed by atoms with E-state index < -0.39 is 0 Å². The van der Waals surface area contributed by atoms with Crippen molar-refractivity contribution < 1.29 is 9.53 Å². The number of benzene rings is 1. The summed E-state index contributed by atoms with van der Waals surface area (Å²) in [7, 11) is 1.95. The Hall–Kier alpha value is -1.43. The zero-order chi connectivity index (χ0) is 17.5. The number of piperidine rings is 1. The predicted octanol–water partition coefficient (Wildman–Crippen LogP) is 1.74. The highest BCUT2D eigenvalue weighted by Gasteiger charge is 2.24. The van der Waals surface area contributed by atoms with Gasteiger partial charge in [-0.2, -0.15) is 0 Å². The first-order valence-corrected chi connectivity index (χ1v) is 9.52. The van der Waals surface area contributed by atoms with Crippen molar-refractivity contribution in [3.63, 3.8) is 0 Å². The smallest absolute Gasteiger partial charge is 0.223 e. The van der Waals surface area contributed by atoms with Crippen LogP contribution in [0.1, 0.15) is 24.8 Å². The summed E-state index contributed by atoms with van der Waals surface area (Å²) in [5.74, 6) is 0.853. The molecule has 0 aliphatic carbocycles. The first kappa shape index (κ1) is 18.4. The molecule has 2 heterocycles. The molecular formula is C20H31N3O2. The highest BCUT2D eigenvalue weighted by Crippen LogP contribution is 2.20. The maximum Gasteiger partial charge on any atom is 0.223 e. The Morgan fingerprint density at radius 2 is 2.04 bits per heavy atom. The van der Waals surface area contributed by atoms with Crippen LogP contribution in [-0.4, -0.2) is 68.2 Å². The fourth-order valence-electron chi connectivity index (χ4n) is 3.78. The molecule has 1 amide bonds. The molecule has 138 valence electrons. The first-order chi connectivity index (χ1) is 12.2. The monoisotopic (exact) mass is 345 g/mol. The van der Waals surface area contributed by atoms with E-state index >= 15 is 0 Å². The fraction of sp³-hybridized carbons (Fsp3) is 0.650. The number of rotatable bonds is 6. The van der Waals surface area contributed by atoms with Crippen molar-refractivity contribution in [1.29, 1.82) is 0 Å². The van der Waals surface area contributed by atoms with Crippen LogP contribution in [0.2, 0.25) is 0 Å². The maximum absolute atomic E-state index is 12.4. The van der Waals surface area contributed by atoms with Crippen LogP contribution in [0.3, 0.4) is 0 Å². The lowest BCUT2D eigenvalue weighted by Crippen LogP contribution is -2.45. The number of nitrogens with zero attached hydrogens (tertiary/aromatic N) is 2. The summed E-state index contributed by atoms with van der Waals surface area (Å²) in [4.78, 5) is 16.9. The SMILES string of the molecule is CN(CC1CCN(Cc2ccccc2)CC1)C(=O)C[C@@H]1COCCN1. The van der Waals surface area contributed by atoms with Crippen LogP contribution in [-0.2, 0) is 16.1 Å². The number of ether oxygens (including phenoxy) is 1. The number of likely N-dealkylation sites (tertiary alicyclic amines) is 1. The van der Waals surface area contributed by atoms with Crippen LogP contribution in [0.15, 0.2) is 30.3 Å². The quantitative estimate of drug-likeness (QED) is 0.853. The molecule has 0 bridgehead atoms. The van der Waals surface area contributed by atoms with Crippen molar-refractivity contribution in [2.24, 2.45) is 5.92 Å². The van der Waals surface area contributed by atoms with Crippen LogP contribution in [0, 0.1) is 5.92 Å². The molecule has 5 nitrogen and oxygen atoms in total. The van der Waals surface area contributed by atoms with Crippen LogP contribution >= 0.6 is 0 Å². The Morgan fingerprint density at radius 1 is 1.28 bits per heavy atom. The van der Waals surface area contributed by atoms with Gasteiger partial charge in [0, 0.05) is 39.1 Å². The molecule has 0 spiro atoms. The van der Waals surface area contributed by atoms with Gasteiger partial charge in [-0.3, -0.25) is 9.69 Å². The molecule has 1 aromatic carbocycles. The molecule has 3 rings (SSSR count). The van der Waals surface area contributed by atoms with Gasteiger partial charge in [-0.1, -0.05) is 30.3 Å². The number of carbonyl (C=O) groups is 1. The summed E-state index contributed by atoms with van der Waals surface area (Å²) in [5, 5.41) is 3.36. The number of carbonyl (C=O) groups excluding carboxylic acids is 1. The minimum Gasteiger partial charge on any atom is -0.378 e. The van der Waals surface area contributed by atoms with Crippen LogP contribution in [0.5, 0.6) is 0 Å². The van der Waals surface area contributed by atoms with Gasteiger partial charge >= 0.3 is 0 Å². The Kier molecular flexibility index (Phi) is 6.84. The Balaban J connectivity index is 1.37. The number of nitrogens with one attached hydrogen (secondary N) is 1. The van der Waals surface area contributed by atoms with E-state index in [0.717, 1.165) is 39.3 Å². The summed E-state index contributed by atoms with van der Waals surface area (Å²) in [6, 6.07) is 10.8. The normalized spacial score (nSPS) is 22.7. The molecule has 2 saturated heterocycles. The number of amides is 1. The molecule has 1 atom stereocenters. The van der Waals surface area contributed by atoms with E-state index in [4.69, 9.17) is 4.74 Å². The lowest BCUT2D eigenvalue weighted by Gasteiger charge is -2.34. The van der Waals surface area contributed by atoms with Gasteiger partial charge in [-0.15, -0.1) is 0 Å². The van der Waals surface area contributed by atoms with Crippen molar-refractivity contribution in [2.75, 3.05) is 46.4 Å². The molecular weight excluding hydrogens is 314 g/mol. The van der Waals surface area contributed by atoms with E-state index in [1.807, 2.05) is 11.9 Å². The number of hydrogen-bond acceptors (Lipinski definition) is 4. The first-order valence-electron chi connectivity index (χ1n) is 9.52. The third-order valence-electron chi connectivity index (χ3n) is 5.33. The van der Waals surface area contributed by atoms with Gasteiger partial charge in [0.2, 0.25) is 5.91 Å². The zero-order valence-corrected chi connectivity index (χ0v) is 15.3. The van der Waals surface area contributed by atoms with Crippen molar-refractivity contribution in [2.45, 2.75) is 31.8 Å². The van der Waals surface area contributed by atoms with Gasteiger partial charge in [-0.05, 0) is 37.4 Å². The summed E-state index contributed by atoms with van der Waals surface area (Å²) in [5.41, 5.74) is 1.38. The fourth-order valence-corrected chi connectivity index (χ4v) is 3.78. The molecule has 5 heteroatoms. The predicted molar refractivity (Wildman–Crippen MR) is 99.3 cm³/mol. The van der Waals surface area contributed by atoms with Crippen LogP contribution in [0.4, 0.5) is 0 Å². The molecule has 2 aliphatic heterocycles. The molecule has 1 N–H and O–H groups in total. The lowest BCUT2D eigenvalue weighted by molar-refractivity contribution is -0.131. The second kappa shape index (κ2) is 9.32. The summed E-state index contributed by atoms with van der Waals surface area (Å²) in [6.07, 6.45) is 2.90. The Morgan fingerprint density at radius 3 is 2.72 bits per heavy atom. The summed E-state index contributed by atoms with van der Waals surface area (Å²) >= 11 is 0. The van der Waals surface area contributed by atoms with E-state index in [2.05, 4.69) is 40.5 Å². The van der Waals surface area contributed by atoms with Gasteiger partial charge in [-0.25, -0.2) is 0 Å². The van der Waals surface area contributed by atoms with Crippen molar-refractivity contribution in [3.8, 4) is 0 Å². The second-order valence-corrected chi connectivity index (χ2v) is 7.41. The summed E-state index contributed by atoms with van der Waals surface area (Å²) < 4.78 is 5.43. The van der Waals surface area contributed by atoms with Crippen molar-refractivity contribution in [1.82, 2.24) is 15.1 Å². The Bertz CT molecular complexity index is 523. The van der Waals surface area contributed by atoms with E-state index in [-0.39, 0.29) is 11.9 Å². The largest absolute Gasteiger partial charge is 0.378 e. The number of morpholine rings is 1. The highest BCUT2D eigenvalue weighted by atomic mass is 16.5. The van der Waals surface area contributed by atoms with Crippen molar-refractivity contribution >= 4 is 5.91 Å².